The fourth-order valence-corrected chi connectivity index (χ4v) is 2.16. The Morgan fingerprint density at radius 1 is 1.36 bits per heavy atom. The smallest absolute Gasteiger partial charge is 0.257 e. The Morgan fingerprint density at radius 2 is 2.09 bits per heavy atom. The third-order valence-corrected chi connectivity index (χ3v) is 3.31. The molecule has 6 heteroatoms. The molecule has 1 heterocycles. The fraction of sp³-hybridized carbons (Fsp3) is 0.312. The third kappa shape index (κ3) is 3.33. The van der Waals surface area contributed by atoms with Crippen LogP contribution in [0.2, 0.25) is 0 Å². The first-order chi connectivity index (χ1) is 10.4. The molecule has 2 aromatic rings. The van der Waals surface area contributed by atoms with Crippen LogP contribution >= 0.6 is 0 Å². The van der Waals surface area contributed by atoms with Gasteiger partial charge in [-0.3, -0.25) is 9.59 Å². The minimum Gasteiger partial charge on any atom is -0.366 e. The van der Waals surface area contributed by atoms with E-state index in [1.807, 2.05) is 19.9 Å². The van der Waals surface area contributed by atoms with E-state index in [9.17, 15) is 9.59 Å². The van der Waals surface area contributed by atoms with Crippen molar-refractivity contribution in [3.8, 4) is 0 Å². The highest BCUT2D eigenvalue weighted by Gasteiger charge is 2.22. The number of nitrogens with zero attached hydrogens (tertiary/aromatic N) is 1. The average molecular weight is 301 g/mol. The summed E-state index contributed by atoms with van der Waals surface area (Å²) in [6.07, 6.45) is 0. The highest BCUT2D eigenvalue weighted by molar-refractivity contribution is 5.96. The first-order valence-corrected chi connectivity index (χ1v) is 7.03. The molecule has 0 bridgehead atoms. The van der Waals surface area contributed by atoms with Crippen LogP contribution in [0, 0.1) is 6.92 Å². The lowest BCUT2D eigenvalue weighted by atomic mass is 10.0. The van der Waals surface area contributed by atoms with Gasteiger partial charge in [-0.1, -0.05) is 31.1 Å². The molecule has 0 fully saturated rings. The number of primary amides is 1. The van der Waals surface area contributed by atoms with Crippen LogP contribution in [0.1, 0.15) is 57.5 Å². The summed E-state index contributed by atoms with van der Waals surface area (Å²) in [4.78, 5) is 23.5. The SMILES string of the molecule is Cc1noc(C(C)C)c1C(=O)NCc1cccc(C(N)=O)c1. The number of rotatable bonds is 5. The van der Waals surface area contributed by atoms with E-state index >= 15 is 0 Å². The summed E-state index contributed by atoms with van der Waals surface area (Å²) < 4.78 is 5.21. The molecule has 0 atom stereocenters. The molecule has 22 heavy (non-hydrogen) atoms. The molecule has 2 amide bonds. The Balaban J connectivity index is 2.12. The van der Waals surface area contributed by atoms with Gasteiger partial charge < -0.3 is 15.6 Å². The Bertz CT molecular complexity index is 704. The Morgan fingerprint density at radius 3 is 2.73 bits per heavy atom. The van der Waals surface area contributed by atoms with Crippen LogP contribution in [-0.2, 0) is 6.54 Å². The topological polar surface area (TPSA) is 98.2 Å². The molecule has 0 aliphatic heterocycles. The number of aromatic nitrogens is 1. The van der Waals surface area contributed by atoms with Crippen LogP contribution in [0.4, 0.5) is 0 Å². The first-order valence-electron chi connectivity index (χ1n) is 7.03. The summed E-state index contributed by atoms with van der Waals surface area (Å²) >= 11 is 0. The van der Waals surface area contributed by atoms with E-state index < -0.39 is 5.91 Å². The van der Waals surface area contributed by atoms with Crippen LogP contribution in [0.3, 0.4) is 0 Å². The third-order valence-electron chi connectivity index (χ3n) is 3.31. The van der Waals surface area contributed by atoms with Gasteiger partial charge in [-0.05, 0) is 24.6 Å². The summed E-state index contributed by atoms with van der Waals surface area (Å²) in [5.41, 5.74) is 7.49. The lowest BCUT2D eigenvalue weighted by Crippen LogP contribution is -2.24. The highest BCUT2D eigenvalue weighted by Crippen LogP contribution is 2.22. The second-order valence-corrected chi connectivity index (χ2v) is 5.41. The molecule has 0 radical (unpaired) electrons. The molecule has 0 unspecified atom stereocenters. The molecule has 3 N–H and O–H groups in total. The van der Waals surface area contributed by atoms with Crippen molar-refractivity contribution in [1.29, 1.82) is 0 Å². The van der Waals surface area contributed by atoms with E-state index in [0.29, 0.717) is 29.1 Å². The normalized spacial score (nSPS) is 10.7. The maximum absolute atomic E-state index is 12.3. The van der Waals surface area contributed by atoms with Crippen molar-refractivity contribution < 1.29 is 14.1 Å². The molecule has 116 valence electrons. The Kier molecular flexibility index (Phi) is 4.60. The number of amides is 2. The molecule has 1 aromatic heterocycles. The van der Waals surface area contributed by atoms with Crippen molar-refractivity contribution in [1.82, 2.24) is 10.5 Å². The molecule has 0 saturated carbocycles. The van der Waals surface area contributed by atoms with E-state index in [1.54, 1.807) is 25.1 Å². The van der Waals surface area contributed by atoms with Gasteiger partial charge in [0.05, 0.1) is 5.69 Å². The molecular weight excluding hydrogens is 282 g/mol. The van der Waals surface area contributed by atoms with Crippen molar-refractivity contribution in [3.05, 3.63) is 52.4 Å². The van der Waals surface area contributed by atoms with Crippen LogP contribution in [0.25, 0.3) is 0 Å². The van der Waals surface area contributed by atoms with E-state index in [0.717, 1.165) is 5.56 Å². The second-order valence-electron chi connectivity index (χ2n) is 5.41. The molecular formula is C16H19N3O3. The minimum atomic E-state index is -0.495. The van der Waals surface area contributed by atoms with Gasteiger partial charge in [-0.2, -0.15) is 0 Å². The van der Waals surface area contributed by atoms with E-state index in [2.05, 4.69) is 10.5 Å². The molecule has 0 aliphatic rings. The van der Waals surface area contributed by atoms with Gasteiger partial charge in [0, 0.05) is 18.0 Å². The van der Waals surface area contributed by atoms with E-state index in [-0.39, 0.29) is 11.8 Å². The predicted octanol–water partition coefficient (Wildman–Crippen LogP) is 2.14. The molecule has 0 aliphatic carbocycles. The standard InChI is InChI=1S/C16H19N3O3/c1-9(2)14-13(10(3)19-22-14)16(21)18-8-11-5-4-6-12(7-11)15(17)20/h4-7,9H,8H2,1-3H3,(H2,17,20)(H,18,21). The van der Waals surface area contributed by atoms with Gasteiger partial charge in [0.1, 0.15) is 5.56 Å². The maximum atomic E-state index is 12.3. The Hall–Kier alpha value is -2.63. The number of carbonyl (C=O) groups is 2. The Labute approximate surface area is 128 Å². The molecule has 0 saturated heterocycles. The number of benzene rings is 1. The minimum absolute atomic E-state index is 0.0696. The summed E-state index contributed by atoms with van der Waals surface area (Å²) in [7, 11) is 0. The van der Waals surface area contributed by atoms with Gasteiger partial charge in [0.2, 0.25) is 5.91 Å². The largest absolute Gasteiger partial charge is 0.366 e. The van der Waals surface area contributed by atoms with Crippen LogP contribution < -0.4 is 11.1 Å². The highest BCUT2D eigenvalue weighted by atomic mass is 16.5. The number of nitrogens with one attached hydrogen (secondary N) is 1. The van der Waals surface area contributed by atoms with Crippen molar-refractivity contribution in [2.24, 2.45) is 5.73 Å². The number of hydrogen-bond donors (Lipinski definition) is 2. The van der Waals surface area contributed by atoms with Gasteiger partial charge >= 0.3 is 0 Å². The zero-order valence-electron chi connectivity index (χ0n) is 12.8. The maximum Gasteiger partial charge on any atom is 0.257 e. The lowest BCUT2D eigenvalue weighted by molar-refractivity contribution is 0.0947. The zero-order chi connectivity index (χ0) is 16.3. The lowest BCUT2D eigenvalue weighted by Gasteiger charge is -2.08. The van der Waals surface area contributed by atoms with E-state index in [4.69, 9.17) is 10.3 Å². The van der Waals surface area contributed by atoms with Gasteiger partial charge in [-0.25, -0.2) is 0 Å². The molecule has 0 spiro atoms. The zero-order valence-corrected chi connectivity index (χ0v) is 12.8. The van der Waals surface area contributed by atoms with Crippen LogP contribution in [-0.4, -0.2) is 17.0 Å². The number of hydrogen-bond acceptors (Lipinski definition) is 4. The van der Waals surface area contributed by atoms with E-state index in [1.165, 1.54) is 0 Å². The predicted molar refractivity (Wildman–Crippen MR) is 81.5 cm³/mol. The summed E-state index contributed by atoms with van der Waals surface area (Å²) in [6, 6.07) is 6.84. The second kappa shape index (κ2) is 6.43. The number of carbonyl (C=O) groups excluding carboxylic acids is 2. The van der Waals surface area contributed by atoms with Gasteiger partial charge in [0.15, 0.2) is 5.76 Å². The summed E-state index contributed by atoms with van der Waals surface area (Å²) in [6.45, 7) is 5.90. The average Bonchev–Trinajstić information content (AvgIpc) is 2.87. The summed E-state index contributed by atoms with van der Waals surface area (Å²) in [5.74, 6) is -0.0990. The number of aryl methyl sites for hydroxylation is 1. The fourth-order valence-electron chi connectivity index (χ4n) is 2.16. The molecule has 2 rings (SSSR count). The number of nitrogens with two attached hydrogens (primary N) is 1. The van der Waals surface area contributed by atoms with Crippen molar-refractivity contribution in [2.75, 3.05) is 0 Å². The van der Waals surface area contributed by atoms with Gasteiger partial charge in [-0.15, -0.1) is 0 Å². The van der Waals surface area contributed by atoms with Crippen molar-refractivity contribution >= 4 is 11.8 Å². The first kappa shape index (κ1) is 15.8. The van der Waals surface area contributed by atoms with Crippen molar-refractivity contribution in [2.45, 2.75) is 33.2 Å². The van der Waals surface area contributed by atoms with Crippen molar-refractivity contribution in [3.63, 3.8) is 0 Å². The monoisotopic (exact) mass is 301 g/mol. The summed E-state index contributed by atoms with van der Waals surface area (Å²) in [5, 5.41) is 6.67. The quantitative estimate of drug-likeness (QED) is 0.883. The molecule has 1 aromatic carbocycles. The van der Waals surface area contributed by atoms with Crippen LogP contribution in [0.5, 0.6) is 0 Å². The van der Waals surface area contributed by atoms with Crippen LogP contribution in [0.15, 0.2) is 28.8 Å². The van der Waals surface area contributed by atoms with Gasteiger partial charge in [0.25, 0.3) is 5.91 Å². The molecule has 6 nitrogen and oxygen atoms in total.